The van der Waals surface area contributed by atoms with Crippen LogP contribution >= 0.6 is 23.2 Å². The Hall–Kier alpha value is -2.83. The quantitative estimate of drug-likeness (QED) is 0.508. The highest BCUT2D eigenvalue weighted by Gasteiger charge is 2.08. The Labute approximate surface area is 159 Å². The van der Waals surface area contributed by atoms with E-state index >= 15 is 0 Å². The maximum Gasteiger partial charge on any atom is 0.271 e. The molecule has 2 aromatic carbocycles. The van der Waals surface area contributed by atoms with Crippen molar-refractivity contribution in [2.24, 2.45) is 5.10 Å². The normalized spacial score (nSPS) is 10.9. The second-order valence-electron chi connectivity index (χ2n) is 5.26. The van der Waals surface area contributed by atoms with Gasteiger partial charge in [-0.05, 0) is 42.5 Å². The number of ether oxygens (including phenoxy) is 1. The first-order valence-electron chi connectivity index (χ1n) is 7.54. The lowest BCUT2D eigenvalue weighted by Gasteiger charge is -2.03. The monoisotopic (exact) mass is 388 g/mol. The summed E-state index contributed by atoms with van der Waals surface area (Å²) in [6, 6.07) is 12.1. The number of nitrogens with one attached hydrogen (secondary N) is 2. The third-order valence-corrected chi connectivity index (χ3v) is 4.34. The number of benzene rings is 2. The minimum Gasteiger partial charge on any atom is -0.497 e. The lowest BCUT2D eigenvalue weighted by molar-refractivity contribution is 0.0955. The molecule has 2 N–H and O–H groups in total. The molecule has 1 aromatic heterocycles. The number of hydrazone groups is 1. The summed E-state index contributed by atoms with van der Waals surface area (Å²) in [4.78, 5) is 12.1. The van der Waals surface area contributed by atoms with Crippen molar-refractivity contribution in [1.29, 1.82) is 0 Å². The second kappa shape index (κ2) is 8.03. The molecule has 0 fully saturated rings. The number of H-pyrrole nitrogens is 1. The van der Waals surface area contributed by atoms with Crippen molar-refractivity contribution in [1.82, 2.24) is 15.6 Å². The number of hydrogen-bond donors (Lipinski definition) is 2. The summed E-state index contributed by atoms with van der Waals surface area (Å²) in [7, 11) is 1.61. The maximum absolute atomic E-state index is 12.1. The lowest BCUT2D eigenvalue weighted by Crippen LogP contribution is -2.17. The van der Waals surface area contributed by atoms with E-state index in [0.717, 1.165) is 22.6 Å². The van der Waals surface area contributed by atoms with Crippen LogP contribution in [0.4, 0.5) is 0 Å². The van der Waals surface area contributed by atoms with Gasteiger partial charge < -0.3 is 4.74 Å². The minimum absolute atomic E-state index is 0.305. The van der Waals surface area contributed by atoms with Gasteiger partial charge in [-0.25, -0.2) is 5.43 Å². The summed E-state index contributed by atoms with van der Waals surface area (Å²) in [5.74, 6) is 0.367. The van der Waals surface area contributed by atoms with E-state index in [1.54, 1.807) is 25.4 Å². The Kier molecular flexibility index (Phi) is 5.55. The zero-order chi connectivity index (χ0) is 18.5. The molecule has 3 rings (SSSR count). The molecule has 0 spiro atoms. The highest BCUT2D eigenvalue weighted by Crippen LogP contribution is 2.23. The van der Waals surface area contributed by atoms with Crippen molar-refractivity contribution in [3.8, 4) is 17.0 Å². The van der Waals surface area contributed by atoms with Gasteiger partial charge in [0.15, 0.2) is 0 Å². The summed E-state index contributed by atoms with van der Waals surface area (Å²) in [6.45, 7) is 0. The minimum atomic E-state index is -0.394. The van der Waals surface area contributed by atoms with Gasteiger partial charge in [0.05, 0.1) is 35.3 Å². The SMILES string of the molecule is COc1ccc(-c2[nH]ncc2/C=N\NC(=O)c2ccc(Cl)c(Cl)c2)cc1. The number of carbonyl (C=O) groups excluding carboxylic acids is 1. The average Bonchev–Trinajstić information content (AvgIpc) is 3.12. The number of hydrogen-bond acceptors (Lipinski definition) is 4. The first-order valence-corrected chi connectivity index (χ1v) is 8.30. The van der Waals surface area contributed by atoms with E-state index in [4.69, 9.17) is 27.9 Å². The van der Waals surface area contributed by atoms with E-state index in [0.29, 0.717) is 15.6 Å². The first-order chi connectivity index (χ1) is 12.6. The smallest absolute Gasteiger partial charge is 0.271 e. The fourth-order valence-corrected chi connectivity index (χ4v) is 2.54. The molecule has 6 nitrogen and oxygen atoms in total. The number of aromatic nitrogens is 2. The van der Waals surface area contributed by atoms with Crippen LogP contribution in [0.5, 0.6) is 5.75 Å². The highest BCUT2D eigenvalue weighted by atomic mass is 35.5. The predicted octanol–water partition coefficient (Wildman–Crippen LogP) is 4.16. The van der Waals surface area contributed by atoms with Crippen molar-refractivity contribution in [2.45, 2.75) is 0 Å². The van der Waals surface area contributed by atoms with E-state index in [-0.39, 0.29) is 0 Å². The number of rotatable bonds is 5. The summed E-state index contributed by atoms with van der Waals surface area (Å²) < 4.78 is 5.15. The van der Waals surface area contributed by atoms with Gasteiger partial charge in [0.2, 0.25) is 0 Å². The summed E-state index contributed by atoms with van der Waals surface area (Å²) in [5, 5.41) is 11.6. The van der Waals surface area contributed by atoms with E-state index < -0.39 is 5.91 Å². The number of carbonyl (C=O) groups is 1. The summed E-state index contributed by atoms with van der Waals surface area (Å²) >= 11 is 11.8. The van der Waals surface area contributed by atoms with Gasteiger partial charge in [-0.2, -0.15) is 10.2 Å². The van der Waals surface area contributed by atoms with Crippen molar-refractivity contribution in [2.75, 3.05) is 7.11 Å². The number of halogens is 2. The molecule has 3 aromatic rings. The molecule has 8 heteroatoms. The van der Waals surface area contributed by atoms with Crippen LogP contribution in [0.15, 0.2) is 53.8 Å². The number of methoxy groups -OCH3 is 1. The first kappa shape index (κ1) is 18.0. The molecule has 0 unspecified atom stereocenters. The number of amides is 1. The van der Waals surface area contributed by atoms with Crippen LogP contribution in [0, 0.1) is 0 Å². The molecule has 0 atom stereocenters. The predicted molar refractivity (Wildman–Crippen MR) is 102 cm³/mol. The summed E-state index contributed by atoms with van der Waals surface area (Å²) in [6.07, 6.45) is 3.13. The van der Waals surface area contributed by atoms with Crippen molar-refractivity contribution in [3.63, 3.8) is 0 Å². The number of aromatic amines is 1. The molecule has 0 saturated carbocycles. The van der Waals surface area contributed by atoms with Gasteiger partial charge in [0.25, 0.3) is 5.91 Å². The number of nitrogens with zero attached hydrogens (tertiary/aromatic N) is 2. The molecular formula is C18H14Cl2N4O2. The molecule has 132 valence electrons. The van der Waals surface area contributed by atoms with Crippen LogP contribution in [0.25, 0.3) is 11.3 Å². The van der Waals surface area contributed by atoms with Crippen LogP contribution in [-0.4, -0.2) is 29.4 Å². The molecular weight excluding hydrogens is 375 g/mol. The van der Waals surface area contributed by atoms with Gasteiger partial charge >= 0.3 is 0 Å². The highest BCUT2D eigenvalue weighted by molar-refractivity contribution is 6.42. The van der Waals surface area contributed by atoms with E-state index in [9.17, 15) is 4.79 Å². The zero-order valence-corrected chi connectivity index (χ0v) is 15.2. The molecule has 1 heterocycles. The third-order valence-electron chi connectivity index (χ3n) is 3.60. The Morgan fingerprint density at radius 3 is 2.65 bits per heavy atom. The molecule has 0 aliphatic carbocycles. The zero-order valence-electron chi connectivity index (χ0n) is 13.7. The Morgan fingerprint density at radius 1 is 1.19 bits per heavy atom. The Balaban J connectivity index is 1.72. The van der Waals surface area contributed by atoms with Gasteiger partial charge in [-0.3, -0.25) is 9.89 Å². The van der Waals surface area contributed by atoms with Crippen molar-refractivity contribution >= 4 is 35.3 Å². The van der Waals surface area contributed by atoms with Crippen molar-refractivity contribution in [3.05, 3.63) is 69.8 Å². The van der Waals surface area contributed by atoms with Crippen LogP contribution in [0.3, 0.4) is 0 Å². The van der Waals surface area contributed by atoms with Crippen molar-refractivity contribution < 1.29 is 9.53 Å². The molecule has 1 amide bonds. The lowest BCUT2D eigenvalue weighted by atomic mass is 10.1. The maximum atomic E-state index is 12.1. The van der Waals surface area contributed by atoms with E-state index in [1.165, 1.54) is 12.3 Å². The molecule has 0 aliphatic rings. The Morgan fingerprint density at radius 2 is 1.96 bits per heavy atom. The average molecular weight is 389 g/mol. The van der Waals surface area contributed by atoms with E-state index in [1.807, 2.05) is 24.3 Å². The fourth-order valence-electron chi connectivity index (χ4n) is 2.24. The molecule has 0 bridgehead atoms. The Bertz CT molecular complexity index is 952. The molecule has 0 aliphatic heterocycles. The van der Waals surface area contributed by atoms with Gasteiger partial charge in [0, 0.05) is 16.7 Å². The van der Waals surface area contributed by atoms with Gasteiger partial charge in [0.1, 0.15) is 5.75 Å². The van der Waals surface area contributed by atoms with Gasteiger partial charge in [-0.1, -0.05) is 23.2 Å². The topological polar surface area (TPSA) is 79.4 Å². The van der Waals surface area contributed by atoms with Gasteiger partial charge in [-0.15, -0.1) is 0 Å². The van der Waals surface area contributed by atoms with Crippen LogP contribution in [0.1, 0.15) is 15.9 Å². The van der Waals surface area contributed by atoms with Crippen LogP contribution < -0.4 is 10.2 Å². The van der Waals surface area contributed by atoms with E-state index in [2.05, 4.69) is 20.7 Å². The molecule has 26 heavy (non-hydrogen) atoms. The van der Waals surface area contributed by atoms with Crippen LogP contribution in [0.2, 0.25) is 10.0 Å². The standard InChI is InChI=1S/C18H14Cl2N4O2/c1-26-14-5-2-11(3-6-14)17-13(9-21-23-17)10-22-24-18(25)12-4-7-15(19)16(20)8-12/h2-10H,1H3,(H,21,23)(H,24,25)/b22-10-. The third kappa shape index (κ3) is 4.04. The fraction of sp³-hybridized carbons (Fsp3) is 0.0556. The molecule has 0 saturated heterocycles. The molecule has 0 radical (unpaired) electrons. The second-order valence-corrected chi connectivity index (χ2v) is 6.07. The van der Waals surface area contributed by atoms with Crippen LogP contribution in [-0.2, 0) is 0 Å². The summed E-state index contributed by atoms with van der Waals surface area (Å²) in [5.41, 5.74) is 5.23. The largest absolute Gasteiger partial charge is 0.497 e.